The fraction of sp³-hybridized carbons (Fsp3) is 0.765. The third-order valence-corrected chi connectivity index (χ3v) is 5.22. The molecule has 1 aromatic heterocycles. The Bertz CT molecular complexity index is 574. The van der Waals surface area contributed by atoms with Gasteiger partial charge < -0.3 is 19.5 Å². The summed E-state index contributed by atoms with van der Waals surface area (Å²) < 4.78 is 11.2. The van der Waals surface area contributed by atoms with E-state index in [1.807, 2.05) is 13.0 Å². The first-order chi connectivity index (χ1) is 11.5. The van der Waals surface area contributed by atoms with E-state index in [2.05, 4.69) is 15.4 Å². The molecule has 2 aliphatic heterocycles. The summed E-state index contributed by atoms with van der Waals surface area (Å²) in [4.78, 5) is 15.7. The van der Waals surface area contributed by atoms with Gasteiger partial charge in [0, 0.05) is 58.4 Å². The van der Waals surface area contributed by atoms with Crippen LogP contribution >= 0.6 is 0 Å². The molecule has 7 nitrogen and oxygen atoms in total. The number of fused-ring (bicyclic) bond motifs is 1. The van der Waals surface area contributed by atoms with Gasteiger partial charge in [-0.05, 0) is 26.2 Å². The summed E-state index contributed by atoms with van der Waals surface area (Å²) in [6, 6.07) is 1.97. The fourth-order valence-electron chi connectivity index (χ4n) is 3.93. The van der Waals surface area contributed by atoms with Gasteiger partial charge in [0.1, 0.15) is 5.76 Å². The van der Waals surface area contributed by atoms with Crippen molar-refractivity contribution in [3.63, 3.8) is 0 Å². The molecule has 2 saturated heterocycles. The van der Waals surface area contributed by atoms with Crippen molar-refractivity contribution in [3.8, 4) is 0 Å². The first-order valence-corrected chi connectivity index (χ1v) is 8.70. The number of aromatic nitrogens is 1. The van der Waals surface area contributed by atoms with Crippen molar-refractivity contribution in [1.29, 1.82) is 0 Å². The van der Waals surface area contributed by atoms with Crippen molar-refractivity contribution in [2.75, 3.05) is 40.3 Å². The Morgan fingerprint density at radius 2 is 2.38 bits per heavy atom. The molecule has 2 amide bonds. The molecule has 0 saturated carbocycles. The highest BCUT2D eigenvalue weighted by atomic mass is 16.5. The lowest BCUT2D eigenvalue weighted by Crippen LogP contribution is -2.50. The highest BCUT2D eigenvalue weighted by molar-refractivity contribution is 5.73. The van der Waals surface area contributed by atoms with Crippen LogP contribution in [0.1, 0.15) is 30.7 Å². The zero-order valence-corrected chi connectivity index (χ0v) is 14.9. The quantitative estimate of drug-likeness (QED) is 0.885. The Kier molecular flexibility index (Phi) is 5.10. The van der Waals surface area contributed by atoms with Crippen LogP contribution in [0.15, 0.2) is 10.6 Å². The molecule has 0 radical (unpaired) electrons. The molecule has 3 rings (SSSR count). The minimum atomic E-state index is -0.0346. The number of ether oxygens (including phenoxy) is 1. The monoisotopic (exact) mass is 336 g/mol. The lowest BCUT2D eigenvalue weighted by Gasteiger charge is -2.43. The van der Waals surface area contributed by atoms with Gasteiger partial charge in [-0.2, -0.15) is 0 Å². The maximum Gasteiger partial charge on any atom is 0.316 e. The van der Waals surface area contributed by atoms with Crippen LogP contribution in [-0.4, -0.2) is 67.4 Å². The van der Waals surface area contributed by atoms with Crippen LogP contribution in [-0.2, 0) is 11.3 Å². The van der Waals surface area contributed by atoms with Crippen molar-refractivity contribution in [1.82, 2.24) is 20.3 Å². The Morgan fingerprint density at radius 3 is 3.08 bits per heavy atom. The number of hydrogen-bond acceptors (Lipinski definition) is 5. The number of urea groups is 1. The van der Waals surface area contributed by atoms with Crippen molar-refractivity contribution in [2.45, 2.75) is 38.8 Å². The predicted molar refractivity (Wildman–Crippen MR) is 89.6 cm³/mol. The van der Waals surface area contributed by atoms with E-state index in [9.17, 15) is 4.79 Å². The number of amides is 2. The fourth-order valence-corrected chi connectivity index (χ4v) is 3.93. The summed E-state index contributed by atoms with van der Waals surface area (Å²) in [5.41, 5.74) is 1.12. The third-order valence-electron chi connectivity index (χ3n) is 5.22. The lowest BCUT2D eigenvalue weighted by molar-refractivity contribution is -0.0244. The van der Waals surface area contributed by atoms with E-state index in [1.165, 1.54) is 0 Å². The molecule has 24 heavy (non-hydrogen) atoms. The molecule has 1 aromatic rings. The first kappa shape index (κ1) is 17.2. The second-order valence-electron chi connectivity index (χ2n) is 7.28. The molecule has 0 aromatic carbocycles. The normalized spacial score (nSPS) is 27.0. The van der Waals surface area contributed by atoms with Crippen LogP contribution in [0, 0.1) is 12.3 Å². The number of nitrogens with zero attached hydrogens (tertiary/aromatic N) is 3. The molecule has 1 N–H and O–H groups in total. The standard InChI is InChI=1S/C17H28N4O3/c1-13-10-14(19-24-13)11-21-8-4-15-17(12-21,6-9-23-15)5-7-18-16(22)20(2)3/h10,15H,4-9,11-12H2,1-3H3,(H,18,22)/t15-,17+/m1/s1. The Labute approximate surface area is 143 Å². The minimum Gasteiger partial charge on any atom is -0.378 e. The number of carbonyl (C=O) groups excluding carboxylic acids is 1. The van der Waals surface area contributed by atoms with E-state index in [0.717, 1.165) is 57.0 Å². The molecule has 0 bridgehead atoms. The van der Waals surface area contributed by atoms with Crippen molar-refractivity contribution >= 4 is 6.03 Å². The van der Waals surface area contributed by atoms with E-state index in [-0.39, 0.29) is 11.4 Å². The van der Waals surface area contributed by atoms with Gasteiger partial charge in [0.2, 0.25) is 0 Å². The largest absolute Gasteiger partial charge is 0.378 e. The second kappa shape index (κ2) is 7.11. The summed E-state index contributed by atoms with van der Waals surface area (Å²) >= 11 is 0. The Balaban J connectivity index is 1.59. The summed E-state index contributed by atoms with van der Waals surface area (Å²) in [5.74, 6) is 0.852. The molecule has 0 spiro atoms. The summed E-state index contributed by atoms with van der Waals surface area (Å²) in [6.07, 6.45) is 3.36. The smallest absolute Gasteiger partial charge is 0.316 e. The van der Waals surface area contributed by atoms with Crippen LogP contribution in [0.5, 0.6) is 0 Å². The van der Waals surface area contributed by atoms with Crippen LogP contribution in [0.25, 0.3) is 0 Å². The minimum absolute atomic E-state index is 0.0346. The van der Waals surface area contributed by atoms with Gasteiger partial charge in [0.15, 0.2) is 0 Å². The molecule has 3 heterocycles. The van der Waals surface area contributed by atoms with Gasteiger partial charge in [0.25, 0.3) is 0 Å². The predicted octanol–water partition coefficient (Wildman–Crippen LogP) is 1.63. The lowest BCUT2D eigenvalue weighted by atomic mass is 9.74. The van der Waals surface area contributed by atoms with Gasteiger partial charge in [-0.25, -0.2) is 4.79 Å². The van der Waals surface area contributed by atoms with Crippen LogP contribution in [0.4, 0.5) is 4.79 Å². The zero-order valence-electron chi connectivity index (χ0n) is 14.9. The highest BCUT2D eigenvalue weighted by Gasteiger charge is 2.47. The number of rotatable bonds is 5. The number of aryl methyl sites for hydroxylation is 1. The molecular weight excluding hydrogens is 308 g/mol. The highest BCUT2D eigenvalue weighted by Crippen LogP contribution is 2.43. The summed E-state index contributed by atoms with van der Waals surface area (Å²) in [7, 11) is 3.52. The number of likely N-dealkylation sites (tertiary alicyclic amines) is 1. The molecule has 2 fully saturated rings. The number of nitrogens with one attached hydrogen (secondary N) is 1. The summed E-state index contributed by atoms with van der Waals surface area (Å²) in [5, 5.41) is 7.10. The first-order valence-electron chi connectivity index (χ1n) is 8.70. The van der Waals surface area contributed by atoms with E-state index < -0.39 is 0 Å². The zero-order chi connectivity index (χ0) is 17.2. The van der Waals surface area contributed by atoms with Crippen molar-refractivity contribution < 1.29 is 14.1 Å². The average molecular weight is 336 g/mol. The van der Waals surface area contributed by atoms with Gasteiger partial charge in [-0.15, -0.1) is 0 Å². The SMILES string of the molecule is Cc1cc(CN2CC[C@H]3OCC[C@@]3(CCNC(=O)N(C)C)C2)no1. The van der Waals surface area contributed by atoms with Gasteiger partial charge in [-0.3, -0.25) is 4.90 Å². The number of hydrogen-bond donors (Lipinski definition) is 1. The van der Waals surface area contributed by atoms with Crippen LogP contribution in [0.3, 0.4) is 0 Å². The van der Waals surface area contributed by atoms with Gasteiger partial charge >= 0.3 is 6.03 Å². The Morgan fingerprint density at radius 1 is 1.54 bits per heavy atom. The van der Waals surface area contributed by atoms with Crippen molar-refractivity contribution in [3.05, 3.63) is 17.5 Å². The Hall–Kier alpha value is -1.60. The van der Waals surface area contributed by atoms with E-state index in [4.69, 9.17) is 9.26 Å². The molecule has 134 valence electrons. The van der Waals surface area contributed by atoms with Gasteiger partial charge in [0.05, 0.1) is 11.8 Å². The maximum atomic E-state index is 11.7. The molecule has 7 heteroatoms. The van der Waals surface area contributed by atoms with Crippen molar-refractivity contribution in [2.24, 2.45) is 5.41 Å². The number of carbonyl (C=O) groups is 1. The number of piperidine rings is 1. The van der Waals surface area contributed by atoms with Crippen LogP contribution < -0.4 is 5.32 Å². The third kappa shape index (κ3) is 3.72. The molecule has 2 atom stereocenters. The molecule has 2 aliphatic rings. The molecule has 0 unspecified atom stereocenters. The topological polar surface area (TPSA) is 70.8 Å². The average Bonchev–Trinajstić information content (AvgIpc) is 3.13. The van der Waals surface area contributed by atoms with E-state index in [0.29, 0.717) is 12.6 Å². The molecular formula is C17H28N4O3. The maximum absolute atomic E-state index is 11.7. The van der Waals surface area contributed by atoms with E-state index >= 15 is 0 Å². The summed E-state index contributed by atoms with van der Waals surface area (Å²) in [6.45, 7) is 6.25. The molecule has 0 aliphatic carbocycles. The van der Waals surface area contributed by atoms with Gasteiger partial charge in [-0.1, -0.05) is 5.16 Å². The van der Waals surface area contributed by atoms with Crippen LogP contribution in [0.2, 0.25) is 0 Å². The second-order valence-corrected chi connectivity index (χ2v) is 7.28. The van der Waals surface area contributed by atoms with E-state index in [1.54, 1.807) is 19.0 Å².